The maximum absolute atomic E-state index is 12.8. The minimum atomic E-state index is -0.479. The lowest BCUT2D eigenvalue weighted by Gasteiger charge is -1.92. The lowest BCUT2D eigenvalue weighted by Crippen LogP contribution is -1.94. The van der Waals surface area contributed by atoms with Crippen LogP contribution in [0, 0.1) is 17.6 Å². The van der Waals surface area contributed by atoms with Crippen molar-refractivity contribution in [2.75, 3.05) is 7.05 Å². The average Bonchev–Trinajstić information content (AvgIpc) is 1.94. The largest absolute Gasteiger partial charge is 0.291 e. The van der Waals surface area contributed by atoms with Crippen LogP contribution >= 0.6 is 0 Å². The van der Waals surface area contributed by atoms with Crippen molar-refractivity contribution in [2.24, 2.45) is 0 Å². The molecule has 58 valence electrons. The van der Waals surface area contributed by atoms with Crippen molar-refractivity contribution < 1.29 is 9.15 Å². The van der Waals surface area contributed by atoms with E-state index in [1.54, 1.807) is 6.07 Å². The standard InChI is InChI=1S/C8H9FNO/c1-6-3-4-7(9)8(5-6)10(2)11/h3-5H,1-2H3/q+1. The topological polar surface area (TPSA) is 20.1 Å². The van der Waals surface area contributed by atoms with Crippen LogP contribution in [0.4, 0.5) is 10.1 Å². The van der Waals surface area contributed by atoms with Crippen LogP contribution in [-0.2, 0) is 0 Å². The first-order chi connectivity index (χ1) is 5.11. The second-order valence-corrected chi connectivity index (χ2v) is 2.45. The van der Waals surface area contributed by atoms with Gasteiger partial charge in [0.25, 0.3) is 5.69 Å². The van der Waals surface area contributed by atoms with Gasteiger partial charge >= 0.3 is 0 Å². The summed E-state index contributed by atoms with van der Waals surface area (Å²) < 4.78 is 13.3. The molecule has 0 fully saturated rings. The van der Waals surface area contributed by atoms with Gasteiger partial charge in [-0.2, -0.15) is 4.39 Å². The van der Waals surface area contributed by atoms with E-state index in [9.17, 15) is 9.30 Å². The lowest BCUT2D eigenvalue weighted by atomic mass is 10.2. The molecule has 0 radical (unpaired) electrons. The highest BCUT2D eigenvalue weighted by Crippen LogP contribution is 2.16. The summed E-state index contributed by atoms with van der Waals surface area (Å²) in [5.74, 6) is -0.479. The first-order valence-corrected chi connectivity index (χ1v) is 3.28. The second kappa shape index (κ2) is 2.78. The van der Waals surface area contributed by atoms with Crippen molar-refractivity contribution >= 4 is 5.69 Å². The van der Waals surface area contributed by atoms with Crippen molar-refractivity contribution in [1.29, 1.82) is 0 Å². The molecule has 0 amide bonds. The summed E-state index contributed by atoms with van der Waals surface area (Å²) in [5.41, 5.74) is 0.967. The van der Waals surface area contributed by atoms with Crippen molar-refractivity contribution in [3.05, 3.63) is 34.5 Å². The molecule has 0 aromatic heterocycles. The number of nitrogens with zero attached hydrogens (tertiary/aromatic N) is 1. The molecule has 1 rings (SSSR count). The van der Waals surface area contributed by atoms with Crippen LogP contribution in [-0.4, -0.2) is 11.8 Å². The molecule has 0 aliphatic heterocycles. The van der Waals surface area contributed by atoms with Crippen molar-refractivity contribution in [1.82, 2.24) is 0 Å². The van der Waals surface area contributed by atoms with Crippen molar-refractivity contribution in [3.8, 4) is 0 Å². The smallest absolute Gasteiger partial charge is 0.199 e. The van der Waals surface area contributed by atoms with E-state index < -0.39 is 5.82 Å². The number of aryl methyl sites for hydroxylation is 1. The third kappa shape index (κ3) is 1.61. The van der Waals surface area contributed by atoms with Gasteiger partial charge in [-0.1, -0.05) is 6.07 Å². The molecule has 11 heavy (non-hydrogen) atoms. The number of halogens is 1. The second-order valence-electron chi connectivity index (χ2n) is 2.45. The molecule has 2 nitrogen and oxygen atoms in total. The zero-order valence-corrected chi connectivity index (χ0v) is 6.47. The Hall–Kier alpha value is -1.25. The minimum Gasteiger partial charge on any atom is -0.199 e. The van der Waals surface area contributed by atoms with Crippen LogP contribution in [0.1, 0.15) is 5.56 Å². The Labute approximate surface area is 64.2 Å². The maximum Gasteiger partial charge on any atom is 0.291 e. The van der Waals surface area contributed by atoms with Crippen molar-refractivity contribution in [2.45, 2.75) is 6.92 Å². The van der Waals surface area contributed by atoms with Crippen LogP contribution in [0.2, 0.25) is 0 Å². The highest BCUT2D eigenvalue weighted by atomic mass is 19.1. The van der Waals surface area contributed by atoms with Gasteiger partial charge in [0.15, 0.2) is 12.9 Å². The molecule has 0 saturated heterocycles. The monoisotopic (exact) mass is 154 g/mol. The molecule has 3 heteroatoms. The van der Waals surface area contributed by atoms with Gasteiger partial charge in [-0.3, -0.25) is 0 Å². The quantitative estimate of drug-likeness (QED) is 0.567. The normalized spacial score (nSPS) is 9.73. The predicted molar refractivity (Wildman–Crippen MR) is 40.3 cm³/mol. The van der Waals surface area contributed by atoms with E-state index in [0.29, 0.717) is 4.76 Å². The summed E-state index contributed by atoms with van der Waals surface area (Å²) >= 11 is 0. The van der Waals surface area contributed by atoms with Gasteiger partial charge in [0.2, 0.25) is 0 Å². The van der Waals surface area contributed by atoms with Crippen LogP contribution in [0.3, 0.4) is 0 Å². The Morgan fingerprint density at radius 3 is 2.55 bits per heavy atom. The molecule has 0 heterocycles. The number of hydrogen-bond donors (Lipinski definition) is 0. The predicted octanol–water partition coefficient (Wildman–Crippen LogP) is 2.17. The highest BCUT2D eigenvalue weighted by molar-refractivity contribution is 5.35. The molecule has 0 saturated carbocycles. The van der Waals surface area contributed by atoms with Crippen molar-refractivity contribution in [3.63, 3.8) is 0 Å². The fraction of sp³-hybridized carbons (Fsp3) is 0.250. The zero-order chi connectivity index (χ0) is 8.43. The number of nitroso groups, excluding NO2 is 1. The third-order valence-electron chi connectivity index (χ3n) is 1.44. The number of benzene rings is 1. The molecule has 0 unspecified atom stereocenters. The minimum absolute atomic E-state index is 0.0880. The maximum atomic E-state index is 12.8. The Bertz CT molecular complexity index is 296. The van der Waals surface area contributed by atoms with E-state index in [1.807, 2.05) is 6.92 Å². The Kier molecular flexibility index (Phi) is 1.98. The Balaban J connectivity index is 3.23. The molecule has 1 aromatic rings. The SMILES string of the molecule is Cc1ccc(F)c([N+](C)=O)c1. The first kappa shape index (κ1) is 7.85. The number of hydrogen-bond acceptors (Lipinski definition) is 1. The summed E-state index contributed by atoms with van der Waals surface area (Å²) in [6, 6.07) is 4.43. The molecule has 1 aromatic carbocycles. The van der Waals surface area contributed by atoms with Gasteiger partial charge in [-0.15, -0.1) is 0 Å². The lowest BCUT2D eigenvalue weighted by molar-refractivity contribution is -0.430. The zero-order valence-electron chi connectivity index (χ0n) is 6.47. The van der Waals surface area contributed by atoms with E-state index in [1.165, 1.54) is 19.2 Å². The van der Waals surface area contributed by atoms with Gasteiger partial charge < -0.3 is 0 Å². The number of rotatable bonds is 1. The fourth-order valence-corrected chi connectivity index (χ4v) is 0.864. The molecule has 0 aliphatic rings. The summed E-state index contributed by atoms with van der Waals surface area (Å²) in [6.07, 6.45) is 0. The van der Waals surface area contributed by atoms with Crippen LogP contribution in [0.25, 0.3) is 0 Å². The van der Waals surface area contributed by atoms with Crippen LogP contribution < -0.4 is 0 Å². The van der Waals surface area contributed by atoms with E-state index in [-0.39, 0.29) is 5.69 Å². The first-order valence-electron chi connectivity index (χ1n) is 3.28. The third-order valence-corrected chi connectivity index (χ3v) is 1.44. The molecule has 0 spiro atoms. The van der Waals surface area contributed by atoms with Gasteiger partial charge in [-0.25, -0.2) is 0 Å². The van der Waals surface area contributed by atoms with Gasteiger partial charge in [0.05, 0.1) is 0 Å². The summed E-state index contributed by atoms with van der Waals surface area (Å²) in [7, 11) is 1.28. The average molecular weight is 154 g/mol. The summed E-state index contributed by atoms with van der Waals surface area (Å²) in [6.45, 7) is 1.81. The molecular weight excluding hydrogens is 145 g/mol. The molecule has 0 atom stereocenters. The summed E-state index contributed by atoms with van der Waals surface area (Å²) in [4.78, 5) is 10.7. The molecule has 0 bridgehead atoms. The summed E-state index contributed by atoms with van der Waals surface area (Å²) in [5, 5.41) is 0. The fourth-order valence-electron chi connectivity index (χ4n) is 0.864. The van der Waals surface area contributed by atoms with Crippen LogP contribution in [0.5, 0.6) is 0 Å². The molecular formula is C8H9FNO+. The van der Waals surface area contributed by atoms with E-state index in [4.69, 9.17) is 0 Å². The highest BCUT2D eigenvalue weighted by Gasteiger charge is 2.13. The van der Waals surface area contributed by atoms with Crippen LogP contribution in [0.15, 0.2) is 18.2 Å². The van der Waals surface area contributed by atoms with E-state index in [2.05, 4.69) is 0 Å². The molecule has 0 N–H and O–H groups in total. The van der Waals surface area contributed by atoms with E-state index >= 15 is 0 Å². The van der Waals surface area contributed by atoms with Gasteiger partial charge in [-0.05, 0) is 18.6 Å². The van der Waals surface area contributed by atoms with Gasteiger partial charge in [0.1, 0.15) is 0 Å². The van der Waals surface area contributed by atoms with E-state index in [0.717, 1.165) is 5.56 Å². The van der Waals surface area contributed by atoms with Gasteiger partial charge in [0, 0.05) is 15.7 Å². The Morgan fingerprint density at radius 2 is 2.09 bits per heavy atom. The molecule has 0 aliphatic carbocycles. The Morgan fingerprint density at radius 1 is 1.45 bits per heavy atom.